The van der Waals surface area contributed by atoms with Crippen molar-refractivity contribution in [3.8, 4) is 0 Å². The summed E-state index contributed by atoms with van der Waals surface area (Å²) in [4.78, 5) is 4.38. The Morgan fingerprint density at radius 2 is 2.33 bits per heavy atom. The van der Waals surface area contributed by atoms with E-state index in [0.717, 1.165) is 30.2 Å². The van der Waals surface area contributed by atoms with E-state index in [1.807, 2.05) is 25.1 Å². The molecule has 0 saturated heterocycles. The molecule has 1 aromatic rings. The Morgan fingerprint density at radius 1 is 1.50 bits per heavy atom. The molecule has 0 spiro atoms. The van der Waals surface area contributed by atoms with E-state index < -0.39 is 0 Å². The molecule has 66 valence electrons. The Bertz CT molecular complexity index is 238. The lowest BCUT2D eigenvalue weighted by molar-refractivity contribution is 0.760. The predicted octanol–water partition coefficient (Wildman–Crippen LogP) is 1.41. The van der Waals surface area contributed by atoms with Gasteiger partial charge in [-0.3, -0.25) is 4.98 Å². The van der Waals surface area contributed by atoms with Gasteiger partial charge in [0.1, 0.15) is 0 Å². The molecule has 1 N–H and O–H groups in total. The van der Waals surface area contributed by atoms with E-state index >= 15 is 0 Å². The van der Waals surface area contributed by atoms with Gasteiger partial charge < -0.3 is 5.32 Å². The fraction of sp³-hybridized carbons (Fsp3) is 0.444. The molecular weight excluding hydrogens is 168 g/mol. The van der Waals surface area contributed by atoms with E-state index in [2.05, 4.69) is 22.9 Å². The van der Waals surface area contributed by atoms with Gasteiger partial charge in [-0.15, -0.1) is 0 Å². The third kappa shape index (κ3) is 3.24. The maximum absolute atomic E-state index is 4.38. The van der Waals surface area contributed by atoms with Gasteiger partial charge in [-0.2, -0.15) is 12.6 Å². The Hall–Kier alpha value is -0.540. The molecule has 0 atom stereocenters. The second-order valence-corrected chi connectivity index (χ2v) is 2.99. The molecule has 0 fully saturated rings. The van der Waals surface area contributed by atoms with Gasteiger partial charge in [0.2, 0.25) is 0 Å². The number of hydrogen-bond acceptors (Lipinski definition) is 3. The standard InChI is InChI=1S/C9H14N2S/c1-8-3-2-4-9(11-8)5-6-10-7-12/h2-4,10,12H,5-7H2,1H3. The molecular formula is C9H14N2S. The molecule has 1 heterocycles. The molecule has 3 heteroatoms. The van der Waals surface area contributed by atoms with Gasteiger partial charge in [-0.25, -0.2) is 0 Å². The number of pyridine rings is 1. The number of aromatic nitrogens is 1. The maximum Gasteiger partial charge on any atom is 0.0419 e. The van der Waals surface area contributed by atoms with Crippen LogP contribution in [0, 0.1) is 6.92 Å². The van der Waals surface area contributed by atoms with Crippen molar-refractivity contribution in [2.75, 3.05) is 12.4 Å². The van der Waals surface area contributed by atoms with Crippen LogP contribution in [-0.4, -0.2) is 17.4 Å². The fourth-order valence-corrected chi connectivity index (χ4v) is 1.19. The molecule has 0 saturated carbocycles. The zero-order chi connectivity index (χ0) is 8.81. The lowest BCUT2D eigenvalue weighted by Crippen LogP contribution is -2.15. The third-order valence-electron chi connectivity index (χ3n) is 1.62. The normalized spacial score (nSPS) is 10.2. The van der Waals surface area contributed by atoms with Crippen LogP contribution in [0.5, 0.6) is 0 Å². The second kappa shape index (κ2) is 5.17. The van der Waals surface area contributed by atoms with Crippen molar-refractivity contribution in [3.05, 3.63) is 29.6 Å². The van der Waals surface area contributed by atoms with Crippen molar-refractivity contribution in [1.29, 1.82) is 0 Å². The lowest BCUT2D eigenvalue weighted by atomic mass is 10.2. The SMILES string of the molecule is Cc1cccc(CCNCS)n1. The number of hydrogen-bond donors (Lipinski definition) is 2. The Morgan fingerprint density at radius 3 is 3.00 bits per heavy atom. The van der Waals surface area contributed by atoms with Crippen LogP contribution >= 0.6 is 12.6 Å². The molecule has 0 aromatic carbocycles. The highest BCUT2D eigenvalue weighted by atomic mass is 32.1. The first-order chi connectivity index (χ1) is 5.83. The Labute approximate surface area is 78.8 Å². The minimum absolute atomic E-state index is 0.728. The highest BCUT2D eigenvalue weighted by Crippen LogP contribution is 1.97. The molecule has 0 aliphatic carbocycles. The second-order valence-electron chi connectivity index (χ2n) is 2.68. The van der Waals surface area contributed by atoms with E-state index in [-0.39, 0.29) is 0 Å². The molecule has 0 radical (unpaired) electrons. The number of thiol groups is 1. The van der Waals surface area contributed by atoms with E-state index in [1.165, 1.54) is 0 Å². The highest BCUT2D eigenvalue weighted by molar-refractivity contribution is 7.80. The molecule has 0 aliphatic heterocycles. The molecule has 2 nitrogen and oxygen atoms in total. The van der Waals surface area contributed by atoms with Crippen LogP contribution in [0.25, 0.3) is 0 Å². The maximum atomic E-state index is 4.38. The van der Waals surface area contributed by atoms with Gasteiger partial charge in [0.15, 0.2) is 0 Å². The number of aryl methyl sites for hydroxylation is 1. The van der Waals surface area contributed by atoms with Gasteiger partial charge in [0.05, 0.1) is 0 Å². The summed E-state index contributed by atoms with van der Waals surface area (Å²) in [6.45, 7) is 2.95. The lowest BCUT2D eigenvalue weighted by Gasteiger charge is -2.01. The molecule has 1 aromatic heterocycles. The number of nitrogens with one attached hydrogen (secondary N) is 1. The van der Waals surface area contributed by atoms with Crippen LogP contribution in [0.1, 0.15) is 11.4 Å². The summed E-state index contributed by atoms with van der Waals surface area (Å²) in [5, 5.41) is 3.14. The largest absolute Gasteiger partial charge is 0.308 e. The van der Waals surface area contributed by atoms with Crippen molar-refractivity contribution in [1.82, 2.24) is 10.3 Å². The highest BCUT2D eigenvalue weighted by Gasteiger charge is 1.93. The first-order valence-electron chi connectivity index (χ1n) is 4.07. The van der Waals surface area contributed by atoms with E-state index in [4.69, 9.17) is 0 Å². The Kier molecular flexibility index (Phi) is 4.11. The summed E-state index contributed by atoms with van der Waals surface area (Å²) in [7, 11) is 0. The van der Waals surface area contributed by atoms with Gasteiger partial charge in [-0.1, -0.05) is 6.07 Å². The van der Waals surface area contributed by atoms with Gasteiger partial charge in [0, 0.05) is 30.2 Å². The minimum atomic E-state index is 0.728. The van der Waals surface area contributed by atoms with Gasteiger partial charge in [-0.05, 0) is 19.1 Å². The smallest absolute Gasteiger partial charge is 0.0419 e. The van der Waals surface area contributed by atoms with Crippen molar-refractivity contribution in [2.24, 2.45) is 0 Å². The van der Waals surface area contributed by atoms with E-state index in [0.29, 0.717) is 0 Å². The van der Waals surface area contributed by atoms with Crippen LogP contribution in [-0.2, 0) is 6.42 Å². The quantitative estimate of drug-likeness (QED) is 0.418. The summed E-state index contributed by atoms with van der Waals surface area (Å²) in [5.41, 5.74) is 2.22. The predicted molar refractivity (Wildman–Crippen MR) is 54.5 cm³/mol. The zero-order valence-electron chi connectivity index (χ0n) is 7.25. The van der Waals surface area contributed by atoms with Crippen LogP contribution in [0.3, 0.4) is 0 Å². The van der Waals surface area contributed by atoms with E-state index in [9.17, 15) is 0 Å². The van der Waals surface area contributed by atoms with Crippen molar-refractivity contribution < 1.29 is 0 Å². The summed E-state index contributed by atoms with van der Waals surface area (Å²) in [5.74, 6) is 0.728. The van der Waals surface area contributed by atoms with Crippen LogP contribution in [0.2, 0.25) is 0 Å². The number of nitrogens with zero attached hydrogens (tertiary/aromatic N) is 1. The van der Waals surface area contributed by atoms with Crippen molar-refractivity contribution in [2.45, 2.75) is 13.3 Å². The topological polar surface area (TPSA) is 24.9 Å². The average Bonchev–Trinajstić information content (AvgIpc) is 2.05. The van der Waals surface area contributed by atoms with Gasteiger partial charge in [0.25, 0.3) is 0 Å². The molecule has 12 heavy (non-hydrogen) atoms. The fourth-order valence-electron chi connectivity index (χ4n) is 1.03. The van der Waals surface area contributed by atoms with Crippen LogP contribution < -0.4 is 5.32 Å². The molecule has 0 aliphatic rings. The number of rotatable bonds is 4. The molecule has 0 bridgehead atoms. The molecule has 0 amide bonds. The van der Waals surface area contributed by atoms with Crippen LogP contribution in [0.15, 0.2) is 18.2 Å². The van der Waals surface area contributed by atoms with Crippen molar-refractivity contribution >= 4 is 12.6 Å². The van der Waals surface area contributed by atoms with E-state index in [1.54, 1.807) is 0 Å². The average molecular weight is 182 g/mol. The summed E-state index contributed by atoms with van der Waals surface area (Å²) in [6, 6.07) is 6.10. The molecule has 0 unspecified atom stereocenters. The minimum Gasteiger partial charge on any atom is -0.308 e. The summed E-state index contributed by atoms with van der Waals surface area (Å²) in [6.07, 6.45) is 0.974. The third-order valence-corrected chi connectivity index (χ3v) is 1.84. The monoisotopic (exact) mass is 182 g/mol. The Balaban J connectivity index is 2.41. The summed E-state index contributed by atoms with van der Waals surface area (Å²) < 4.78 is 0. The first kappa shape index (κ1) is 9.55. The van der Waals surface area contributed by atoms with Crippen LogP contribution in [0.4, 0.5) is 0 Å². The van der Waals surface area contributed by atoms with Gasteiger partial charge >= 0.3 is 0 Å². The molecule has 1 rings (SSSR count). The zero-order valence-corrected chi connectivity index (χ0v) is 8.14. The summed E-state index contributed by atoms with van der Waals surface area (Å²) >= 11 is 4.06. The first-order valence-corrected chi connectivity index (χ1v) is 4.70. The van der Waals surface area contributed by atoms with Crippen molar-refractivity contribution in [3.63, 3.8) is 0 Å².